The van der Waals surface area contributed by atoms with Crippen LogP contribution in [-0.2, 0) is 16.2 Å². The van der Waals surface area contributed by atoms with Gasteiger partial charge in [-0.05, 0) is 13.8 Å². The molecule has 82 valence electrons. The Morgan fingerprint density at radius 2 is 2.47 bits per heavy atom. The largest absolute Gasteiger partial charge is 0.479 e. The molecule has 0 amide bonds. The van der Waals surface area contributed by atoms with Crippen LogP contribution in [0.5, 0.6) is 0 Å². The normalized spacial score (nSPS) is 11.5. The van der Waals surface area contributed by atoms with Gasteiger partial charge in [0.1, 0.15) is 0 Å². The Morgan fingerprint density at radius 3 is 3.00 bits per heavy atom. The lowest BCUT2D eigenvalue weighted by molar-refractivity contribution is -0.142. The van der Waals surface area contributed by atoms with Gasteiger partial charge in [0, 0.05) is 18.3 Å². The second-order valence-corrected chi connectivity index (χ2v) is 2.93. The highest BCUT2D eigenvalue weighted by Crippen LogP contribution is 2.00. The smallest absolute Gasteiger partial charge is 0.344 e. The molecule has 0 aliphatic rings. The van der Waals surface area contributed by atoms with Crippen LogP contribution in [0.3, 0.4) is 0 Å². The molecule has 0 saturated heterocycles. The van der Waals surface area contributed by atoms with Gasteiger partial charge in [-0.25, -0.2) is 4.79 Å². The Bertz CT molecular complexity index is 370. The maximum Gasteiger partial charge on any atom is 0.344 e. The summed E-state index contributed by atoms with van der Waals surface area (Å²) in [6, 6.07) is 0. The molecule has 0 aliphatic heterocycles. The monoisotopic (exact) mass is 211 g/mol. The molecule has 0 fully saturated rings. The van der Waals surface area contributed by atoms with Crippen molar-refractivity contribution >= 4 is 11.7 Å². The molecule has 15 heavy (non-hydrogen) atoms. The van der Waals surface area contributed by atoms with E-state index in [9.17, 15) is 4.79 Å². The van der Waals surface area contributed by atoms with E-state index in [1.165, 1.54) is 0 Å². The summed E-state index contributed by atoms with van der Waals surface area (Å²) in [6.45, 7) is 4.06. The van der Waals surface area contributed by atoms with Crippen molar-refractivity contribution in [1.82, 2.24) is 9.78 Å². The van der Waals surface area contributed by atoms with E-state index in [1.54, 1.807) is 17.8 Å². The number of hydrogen-bond acceptors (Lipinski definition) is 4. The minimum atomic E-state index is -1.05. The Hall–Kier alpha value is -1.85. The number of carbonyl (C=O) groups is 1. The van der Waals surface area contributed by atoms with E-state index in [0.717, 1.165) is 12.1 Å². The average Bonchev–Trinajstić information content (AvgIpc) is 2.65. The van der Waals surface area contributed by atoms with Gasteiger partial charge < -0.3 is 9.94 Å². The van der Waals surface area contributed by atoms with E-state index in [2.05, 4.69) is 15.1 Å². The van der Waals surface area contributed by atoms with Gasteiger partial charge in [0.05, 0.1) is 11.9 Å². The van der Waals surface area contributed by atoms with Crippen LogP contribution in [0.4, 0.5) is 0 Å². The van der Waals surface area contributed by atoms with E-state index in [0.29, 0.717) is 5.71 Å². The summed E-state index contributed by atoms with van der Waals surface area (Å²) in [6.07, 6.45) is 3.48. The van der Waals surface area contributed by atoms with Gasteiger partial charge in [-0.2, -0.15) is 5.10 Å². The second-order valence-electron chi connectivity index (χ2n) is 2.93. The predicted octanol–water partition coefficient (Wildman–Crippen LogP) is 0.728. The molecule has 1 rings (SSSR count). The average molecular weight is 211 g/mol. The fourth-order valence-electron chi connectivity index (χ4n) is 0.960. The van der Waals surface area contributed by atoms with E-state index < -0.39 is 12.6 Å². The van der Waals surface area contributed by atoms with Crippen molar-refractivity contribution in [2.24, 2.45) is 5.16 Å². The zero-order chi connectivity index (χ0) is 11.3. The van der Waals surface area contributed by atoms with E-state index in [4.69, 9.17) is 5.11 Å². The first-order chi connectivity index (χ1) is 7.13. The van der Waals surface area contributed by atoms with Crippen molar-refractivity contribution in [3.63, 3.8) is 0 Å². The molecule has 6 heteroatoms. The van der Waals surface area contributed by atoms with Crippen LogP contribution in [0.15, 0.2) is 17.5 Å². The molecule has 0 radical (unpaired) electrons. The summed E-state index contributed by atoms with van der Waals surface area (Å²) >= 11 is 0. The van der Waals surface area contributed by atoms with Crippen LogP contribution in [0.1, 0.15) is 19.4 Å². The van der Waals surface area contributed by atoms with Crippen LogP contribution in [0.25, 0.3) is 0 Å². The number of oxime groups is 1. The quantitative estimate of drug-likeness (QED) is 0.575. The van der Waals surface area contributed by atoms with E-state index >= 15 is 0 Å². The predicted molar refractivity (Wildman–Crippen MR) is 53.7 cm³/mol. The lowest BCUT2D eigenvalue weighted by Gasteiger charge is -1.96. The van der Waals surface area contributed by atoms with Gasteiger partial charge in [0.25, 0.3) is 0 Å². The number of aliphatic carboxylic acids is 1. The minimum absolute atomic E-state index is 0.431. The Labute approximate surface area is 87.1 Å². The molecule has 0 aliphatic carbocycles. The molecule has 0 spiro atoms. The van der Waals surface area contributed by atoms with Crippen LogP contribution in [0.2, 0.25) is 0 Å². The van der Waals surface area contributed by atoms with Crippen molar-refractivity contribution in [2.45, 2.75) is 20.4 Å². The van der Waals surface area contributed by atoms with Gasteiger partial charge in [0.15, 0.2) is 0 Å². The Morgan fingerprint density at radius 1 is 1.73 bits per heavy atom. The third kappa shape index (κ3) is 3.41. The fraction of sp³-hybridized carbons (Fsp3) is 0.444. The lowest BCUT2D eigenvalue weighted by Crippen LogP contribution is -2.05. The molecule has 0 atom stereocenters. The van der Waals surface area contributed by atoms with Crippen molar-refractivity contribution in [3.05, 3.63) is 18.0 Å². The van der Waals surface area contributed by atoms with Crippen molar-refractivity contribution in [3.8, 4) is 0 Å². The molecule has 0 bridgehead atoms. The first kappa shape index (κ1) is 11.2. The number of aromatic nitrogens is 2. The maximum atomic E-state index is 10.2. The molecule has 1 heterocycles. The van der Waals surface area contributed by atoms with E-state index in [-0.39, 0.29) is 0 Å². The van der Waals surface area contributed by atoms with Crippen molar-refractivity contribution in [2.75, 3.05) is 6.61 Å². The summed E-state index contributed by atoms with van der Waals surface area (Å²) in [5.41, 5.74) is 1.43. The molecule has 0 unspecified atom stereocenters. The molecular formula is C9H13N3O3. The highest BCUT2D eigenvalue weighted by atomic mass is 16.6. The molecule has 0 aromatic carbocycles. The highest BCUT2D eigenvalue weighted by Gasteiger charge is 2.02. The Balaban J connectivity index is 2.58. The number of rotatable bonds is 5. The zero-order valence-electron chi connectivity index (χ0n) is 8.67. The third-order valence-corrected chi connectivity index (χ3v) is 1.76. The second kappa shape index (κ2) is 5.14. The maximum absolute atomic E-state index is 10.2. The van der Waals surface area contributed by atoms with Gasteiger partial charge in [0.2, 0.25) is 6.61 Å². The number of carboxylic acid groups (broad SMARTS) is 1. The van der Waals surface area contributed by atoms with Crippen molar-refractivity contribution in [1.29, 1.82) is 0 Å². The molecular weight excluding hydrogens is 198 g/mol. The van der Waals surface area contributed by atoms with Gasteiger partial charge in [-0.15, -0.1) is 0 Å². The van der Waals surface area contributed by atoms with Crippen LogP contribution < -0.4 is 0 Å². The Kier molecular flexibility index (Phi) is 3.84. The van der Waals surface area contributed by atoms with Gasteiger partial charge >= 0.3 is 5.97 Å². The van der Waals surface area contributed by atoms with Gasteiger partial charge in [-0.3, -0.25) is 4.68 Å². The molecule has 6 nitrogen and oxygen atoms in total. The first-order valence-electron chi connectivity index (χ1n) is 4.54. The number of aryl methyl sites for hydroxylation is 1. The standard InChI is InChI=1S/C9H13N3O3/c1-3-12-5-8(4-10-12)7(2)11-15-6-9(13)14/h4-5H,3,6H2,1-2H3,(H,13,14). The van der Waals surface area contributed by atoms with Crippen LogP contribution >= 0.6 is 0 Å². The molecule has 0 saturated carbocycles. The third-order valence-electron chi connectivity index (χ3n) is 1.76. The topological polar surface area (TPSA) is 76.7 Å². The van der Waals surface area contributed by atoms with Crippen LogP contribution in [-0.4, -0.2) is 33.2 Å². The highest BCUT2D eigenvalue weighted by molar-refractivity contribution is 5.97. The molecule has 1 N–H and O–H groups in total. The number of carboxylic acids is 1. The fourth-order valence-corrected chi connectivity index (χ4v) is 0.960. The molecule has 1 aromatic rings. The number of nitrogens with zero attached hydrogens (tertiary/aromatic N) is 3. The number of hydrogen-bond donors (Lipinski definition) is 1. The summed E-state index contributed by atoms with van der Waals surface area (Å²) < 4.78 is 1.76. The summed E-state index contributed by atoms with van der Waals surface area (Å²) in [5, 5.41) is 16.1. The SMILES string of the molecule is CCn1cc(C(C)=NOCC(=O)O)cn1. The summed E-state index contributed by atoms with van der Waals surface area (Å²) in [5.74, 6) is -1.05. The first-order valence-corrected chi connectivity index (χ1v) is 4.54. The van der Waals surface area contributed by atoms with Gasteiger partial charge in [-0.1, -0.05) is 5.16 Å². The summed E-state index contributed by atoms with van der Waals surface area (Å²) in [7, 11) is 0. The van der Waals surface area contributed by atoms with Crippen molar-refractivity contribution < 1.29 is 14.7 Å². The molecule has 1 aromatic heterocycles. The lowest BCUT2D eigenvalue weighted by atomic mass is 10.2. The van der Waals surface area contributed by atoms with Crippen LogP contribution in [0, 0.1) is 0 Å². The zero-order valence-corrected chi connectivity index (χ0v) is 8.67. The van der Waals surface area contributed by atoms with E-state index in [1.807, 2.05) is 13.1 Å². The minimum Gasteiger partial charge on any atom is -0.479 e. The summed E-state index contributed by atoms with van der Waals surface area (Å²) in [4.78, 5) is 14.8.